The Balaban J connectivity index is 1.69. The molecule has 1 amide bonds. The van der Waals surface area contributed by atoms with E-state index in [1.54, 1.807) is 42.5 Å². The molecule has 2 aromatic carbocycles. The molecule has 0 spiro atoms. The third-order valence-corrected chi connectivity index (χ3v) is 5.50. The SMILES string of the molecule is O=C1/C(=C\c2cc3c(cc2Cl)OCO3)SC(=S)N1c1cccc(Cl)c1. The number of fused-ring (bicyclic) bond motifs is 1. The van der Waals surface area contributed by atoms with Gasteiger partial charge in [0.2, 0.25) is 6.79 Å². The topological polar surface area (TPSA) is 38.8 Å². The molecule has 0 aromatic heterocycles. The second kappa shape index (κ2) is 6.53. The van der Waals surface area contributed by atoms with E-state index in [4.69, 9.17) is 44.9 Å². The number of hydrogen-bond acceptors (Lipinski definition) is 5. The van der Waals surface area contributed by atoms with Crippen molar-refractivity contribution in [3.05, 3.63) is 56.9 Å². The fourth-order valence-corrected chi connectivity index (χ4v) is 4.17. The van der Waals surface area contributed by atoms with Gasteiger partial charge in [-0.25, -0.2) is 0 Å². The van der Waals surface area contributed by atoms with E-state index < -0.39 is 0 Å². The summed E-state index contributed by atoms with van der Waals surface area (Å²) in [6.07, 6.45) is 1.70. The average Bonchev–Trinajstić information content (AvgIpc) is 3.12. The zero-order valence-corrected chi connectivity index (χ0v) is 15.6. The number of thioether (sulfide) groups is 1. The van der Waals surface area contributed by atoms with Crippen molar-refractivity contribution in [2.75, 3.05) is 11.7 Å². The summed E-state index contributed by atoms with van der Waals surface area (Å²) in [5.74, 6) is 0.973. The first-order valence-corrected chi connectivity index (χ1v) is 9.13. The highest BCUT2D eigenvalue weighted by atomic mass is 35.5. The lowest BCUT2D eigenvalue weighted by molar-refractivity contribution is -0.113. The number of halogens is 2. The zero-order valence-electron chi connectivity index (χ0n) is 12.5. The summed E-state index contributed by atoms with van der Waals surface area (Å²) >= 11 is 18.9. The van der Waals surface area contributed by atoms with Gasteiger partial charge in [-0.05, 0) is 35.9 Å². The number of thiocarbonyl (C=S) groups is 1. The predicted molar refractivity (Wildman–Crippen MR) is 105 cm³/mol. The Hall–Kier alpha value is -1.73. The molecule has 0 unspecified atom stereocenters. The Morgan fingerprint density at radius 1 is 1.16 bits per heavy atom. The van der Waals surface area contributed by atoms with E-state index in [9.17, 15) is 4.79 Å². The van der Waals surface area contributed by atoms with Gasteiger partial charge in [-0.1, -0.05) is 53.2 Å². The molecule has 126 valence electrons. The summed E-state index contributed by atoms with van der Waals surface area (Å²) < 4.78 is 11.1. The van der Waals surface area contributed by atoms with Crippen LogP contribution in [-0.2, 0) is 4.79 Å². The molecule has 4 nitrogen and oxygen atoms in total. The minimum absolute atomic E-state index is 0.159. The summed E-state index contributed by atoms with van der Waals surface area (Å²) in [5, 5.41) is 1.01. The molecular weight excluding hydrogens is 401 g/mol. The van der Waals surface area contributed by atoms with Crippen molar-refractivity contribution in [2.45, 2.75) is 0 Å². The predicted octanol–water partition coefficient (Wildman–Crippen LogP) is 5.13. The van der Waals surface area contributed by atoms with Crippen molar-refractivity contribution in [2.24, 2.45) is 0 Å². The molecule has 2 aromatic rings. The van der Waals surface area contributed by atoms with Crippen LogP contribution in [0.3, 0.4) is 0 Å². The van der Waals surface area contributed by atoms with Gasteiger partial charge in [0.1, 0.15) is 0 Å². The van der Waals surface area contributed by atoms with Crippen molar-refractivity contribution < 1.29 is 14.3 Å². The van der Waals surface area contributed by atoms with Crippen LogP contribution in [0.15, 0.2) is 41.3 Å². The quantitative estimate of drug-likeness (QED) is 0.507. The lowest BCUT2D eigenvalue weighted by Gasteiger charge is -2.14. The van der Waals surface area contributed by atoms with Gasteiger partial charge >= 0.3 is 0 Å². The molecule has 0 bridgehead atoms. The maximum Gasteiger partial charge on any atom is 0.270 e. The fraction of sp³-hybridized carbons (Fsp3) is 0.0588. The van der Waals surface area contributed by atoms with Gasteiger partial charge in [0.05, 0.1) is 15.6 Å². The molecule has 8 heteroatoms. The van der Waals surface area contributed by atoms with E-state index in [1.807, 2.05) is 0 Å². The molecule has 0 saturated carbocycles. The van der Waals surface area contributed by atoms with Crippen LogP contribution in [0.1, 0.15) is 5.56 Å². The van der Waals surface area contributed by atoms with Gasteiger partial charge in [0, 0.05) is 11.1 Å². The smallest absolute Gasteiger partial charge is 0.270 e. The molecule has 2 aliphatic heterocycles. The zero-order chi connectivity index (χ0) is 17.6. The number of rotatable bonds is 2. The van der Waals surface area contributed by atoms with Crippen molar-refractivity contribution in [1.82, 2.24) is 0 Å². The number of anilines is 1. The number of benzene rings is 2. The van der Waals surface area contributed by atoms with E-state index in [-0.39, 0.29) is 12.7 Å². The number of carbonyl (C=O) groups is 1. The average molecular weight is 410 g/mol. The van der Waals surface area contributed by atoms with Crippen LogP contribution in [-0.4, -0.2) is 17.0 Å². The minimum Gasteiger partial charge on any atom is -0.454 e. The number of amides is 1. The molecule has 0 N–H and O–H groups in total. The van der Waals surface area contributed by atoms with Gasteiger partial charge in [-0.2, -0.15) is 0 Å². The van der Waals surface area contributed by atoms with Crippen molar-refractivity contribution in [3.63, 3.8) is 0 Å². The monoisotopic (exact) mass is 409 g/mol. The van der Waals surface area contributed by atoms with Gasteiger partial charge in [-0.15, -0.1) is 0 Å². The summed E-state index contributed by atoms with van der Waals surface area (Å²) in [4.78, 5) is 14.7. The molecule has 25 heavy (non-hydrogen) atoms. The number of nitrogens with zero attached hydrogens (tertiary/aromatic N) is 1. The van der Waals surface area contributed by atoms with E-state index in [1.165, 1.54) is 16.7 Å². The van der Waals surface area contributed by atoms with E-state index in [0.29, 0.717) is 42.0 Å². The van der Waals surface area contributed by atoms with Crippen LogP contribution in [0.4, 0.5) is 5.69 Å². The third-order valence-electron chi connectivity index (χ3n) is 3.64. The van der Waals surface area contributed by atoms with Gasteiger partial charge in [0.25, 0.3) is 5.91 Å². The fourth-order valence-electron chi connectivity index (χ4n) is 2.49. The number of carbonyl (C=O) groups excluding carboxylic acids is 1. The van der Waals surface area contributed by atoms with Crippen LogP contribution in [0.2, 0.25) is 10.0 Å². The Bertz CT molecular complexity index is 945. The van der Waals surface area contributed by atoms with Gasteiger partial charge < -0.3 is 9.47 Å². The molecule has 1 saturated heterocycles. The van der Waals surface area contributed by atoms with Crippen LogP contribution in [0, 0.1) is 0 Å². The highest BCUT2D eigenvalue weighted by Crippen LogP contribution is 2.41. The highest BCUT2D eigenvalue weighted by Gasteiger charge is 2.33. The van der Waals surface area contributed by atoms with Crippen molar-refractivity contribution in [1.29, 1.82) is 0 Å². The third kappa shape index (κ3) is 3.11. The number of hydrogen-bond donors (Lipinski definition) is 0. The Labute approximate surface area is 163 Å². The van der Waals surface area contributed by atoms with Crippen LogP contribution < -0.4 is 14.4 Å². The minimum atomic E-state index is -0.217. The first-order chi connectivity index (χ1) is 12.0. The Kier molecular flexibility index (Phi) is 4.37. The summed E-state index contributed by atoms with van der Waals surface area (Å²) in [7, 11) is 0. The summed E-state index contributed by atoms with van der Waals surface area (Å²) in [6.45, 7) is 0.159. The molecule has 2 aliphatic rings. The molecular formula is C17H9Cl2NO3S2. The standard InChI is InChI=1S/C17H9Cl2NO3S2/c18-10-2-1-3-11(6-10)20-16(21)15(25-17(20)24)5-9-4-13-14(7-12(9)19)23-8-22-13/h1-7H,8H2/b15-5+. The molecule has 1 fully saturated rings. The van der Waals surface area contributed by atoms with Crippen LogP contribution in [0.25, 0.3) is 6.08 Å². The van der Waals surface area contributed by atoms with Crippen molar-refractivity contribution >= 4 is 69.2 Å². The molecule has 4 rings (SSSR count). The molecule has 0 aliphatic carbocycles. The maximum absolute atomic E-state index is 12.8. The second-order valence-corrected chi connectivity index (χ2v) is 7.74. The van der Waals surface area contributed by atoms with E-state index in [2.05, 4.69) is 0 Å². The first kappa shape index (κ1) is 16.7. The second-order valence-electron chi connectivity index (χ2n) is 5.22. The molecule has 0 atom stereocenters. The van der Waals surface area contributed by atoms with Gasteiger partial charge in [-0.3, -0.25) is 9.69 Å². The normalized spacial score (nSPS) is 17.7. The van der Waals surface area contributed by atoms with Crippen LogP contribution >= 0.6 is 47.2 Å². The van der Waals surface area contributed by atoms with Crippen LogP contribution in [0.5, 0.6) is 11.5 Å². The molecule has 0 radical (unpaired) electrons. The van der Waals surface area contributed by atoms with E-state index in [0.717, 1.165) is 0 Å². The lowest BCUT2D eigenvalue weighted by atomic mass is 10.1. The largest absolute Gasteiger partial charge is 0.454 e. The van der Waals surface area contributed by atoms with Gasteiger partial charge in [0.15, 0.2) is 15.8 Å². The highest BCUT2D eigenvalue weighted by molar-refractivity contribution is 8.27. The molecule has 2 heterocycles. The Morgan fingerprint density at radius 3 is 2.68 bits per heavy atom. The Morgan fingerprint density at radius 2 is 1.92 bits per heavy atom. The van der Waals surface area contributed by atoms with E-state index >= 15 is 0 Å². The summed E-state index contributed by atoms with van der Waals surface area (Å²) in [5.41, 5.74) is 1.30. The number of ether oxygens (including phenoxy) is 2. The maximum atomic E-state index is 12.8. The first-order valence-electron chi connectivity index (χ1n) is 7.15. The summed E-state index contributed by atoms with van der Waals surface area (Å²) in [6, 6.07) is 10.4. The lowest BCUT2D eigenvalue weighted by Crippen LogP contribution is -2.27. The van der Waals surface area contributed by atoms with Crippen molar-refractivity contribution in [3.8, 4) is 11.5 Å².